The highest BCUT2D eigenvalue weighted by Gasteiger charge is 2.25. The zero-order valence-electron chi connectivity index (χ0n) is 13.1. The van der Waals surface area contributed by atoms with Gasteiger partial charge in [-0.15, -0.1) is 0 Å². The number of ketones is 1. The zero-order valence-corrected chi connectivity index (χ0v) is 13.9. The van der Waals surface area contributed by atoms with E-state index in [4.69, 9.17) is 0 Å². The van der Waals surface area contributed by atoms with Crippen molar-refractivity contribution in [3.05, 3.63) is 77.9 Å². The monoisotopic (exact) mass is 329 g/mol. The van der Waals surface area contributed by atoms with Crippen molar-refractivity contribution in [3.8, 4) is 0 Å². The Morgan fingerprint density at radius 2 is 1.61 bits per heavy atom. The predicted molar refractivity (Wildman–Crippen MR) is 90.5 cm³/mol. The van der Waals surface area contributed by atoms with Gasteiger partial charge in [0.05, 0.1) is 10.9 Å². The third-order valence-corrected chi connectivity index (χ3v) is 4.98. The molecule has 2 aromatic carbocycles. The topological polar surface area (TPSA) is 63.2 Å². The third kappa shape index (κ3) is 4.15. The van der Waals surface area contributed by atoms with Gasteiger partial charge in [-0.3, -0.25) is 4.79 Å². The highest BCUT2D eigenvalue weighted by atomic mass is 32.2. The smallest absolute Gasteiger partial charge is 0.241 e. The largest absolute Gasteiger partial charge is 0.295 e. The molecule has 120 valence electrons. The quantitative estimate of drug-likeness (QED) is 0.828. The lowest BCUT2D eigenvalue weighted by molar-refractivity contribution is -0.113. The first kappa shape index (κ1) is 17.1. The van der Waals surface area contributed by atoms with Gasteiger partial charge in [-0.05, 0) is 31.5 Å². The van der Waals surface area contributed by atoms with Gasteiger partial charge < -0.3 is 0 Å². The summed E-state index contributed by atoms with van der Waals surface area (Å²) in [4.78, 5) is 11.8. The summed E-state index contributed by atoms with van der Waals surface area (Å²) in [7, 11) is -3.77. The van der Waals surface area contributed by atoms with Crippen LogP contribution in [0.2, 0.25) is 0 Å². The van der Waals surface area contributed by atoms with Gasteiger partial charge in [-0.2, -0.15) is 4.72 Å². The van der Waals surface area contributed by atoms with Crippen LogP contribution in [-0.4, -0.2) is 14.2 Å². The summed E-state index contributed by atoms with van der Waals surface area (Å²) in [6.07, 6.45) is 0. The van der Waals surface area contributed by atoms with Gasteiger partial charge in [0.25, 0.3) is 0 Å². The summed E-state index contributed by atoms with van der Waals surface area (Å²) < 4.78 is 27.8. The molecule has 0 saturated carbocycles. The molecule has 0 aliphatic rings. The van der Waals surface area contributed by atoms with Gasteiger partial charge >= 0.3 is 0 Å². The van der Waals surface area contributed by atoms with E-state index in [1.165, 1.54) is 19.1 Å². The van der Waals surface area contributed by atoms with E-state index >= 15 is 0 Å². The van der Waals surface area contributed by atoms with Crippen molar-refractivity contribution >= 4 is 15.8 Å². The molecule has 2 aromatic rings. The Labute approximate surface area is 136 Å². The Kier molecular flexibility index (Phi) is 5.13. The van der Waals surface area contributed by atoms with Gasteiger partial charge in [0, 0.05) is 5.57 Å². The highest BCUT2D eigenvalue weighted by molar-refractivity contribution is 7.89. The van der Waals surface area contributed by atoms with E-state index in [2.05, 4.69) is 11.3 Å². The molecule has 1 atom stereocenters. The average molecular weight is 329 g/mol. The minimum absolute atomic E-state index is 0.153. The first-order valence-electron chi connectivity index (χ1n) is 7.15. The highest BCUT2D eigenvalue weighted by Crippen LogP contribution is 2.24. The van der Waals surface area contributed by atoms with Crippen LogP contribution in [0.3, 0.4) is 0 Å². The Morgan fingerprint density at radius 1 is 1.04 bits per heavy atom. The molecule has 5 heteroatoms. The molecule has 1 unspecified atom stereocenters. The number of sulfonamides is 1. The summed E-state index contributed by atoms with van der Waals surface area (Å²) in [6.45, 7) is 7.00. The number of carbonyl (C=O) groups is 1. The number of carbonyl (C=O) groups excluding carboxylic acids is 1. The summed E-state index contributed by atoms with van der Waals surface area (Å²) in [5.41, 5.74) is 1.84. The molecule has 0 aromatic heterocycles. The molecular weight excluding hydrogens is 310 g/mol. The van der Waals surface area contributed by atoms with Crippen LogP contribution < -0.4 is 4.72 Å². The second kappa shape index (κ2) is 6.89. The standard InChI is InChI=1S/C18H19NO3S/c1-13-9-11-17(12-10-13)23(21,22)19-18(14(2)15(3)20)16-7-5-4-6-8-16/h4-12,18-19H,2H2,1,3H3. The van der Waals surface area contributed by atoms with E-state index < -0.39 is 16.1 Å². The molecule has 0 bridgehead atoms. The summed E-state index contributed by atoms with van der Waals surface area (Å²) in [6, 6.07) is 14.7. The van der Waals surface area contributed by atoms with Crippen LogP contribution in [-0.2, 0) is 14.8 Å². The third-order valence-electron chi connectivity index (χ3n) is 3.54. The van der Waals surface area contributed by atoms with Crippen molar-refractivity contribution in [1.29, 1.82) is 0 Å². The number of aryl methyl sites for hydroxylation is 1. The minimum Gasteiger partial charge on any atom is -0.295 e. The zero-order chi connectivity index (χ0) is 17.0. The predicted octanol–water partition coefficient (Wildman–Crippen LogP) is 3.16. The molecule has 0 aliphatic heterocycles. The van der Waals surface area contributed by atoms with Crippen molar-refractivity contribution in [2.24, 2.45) is 0 Å². The fraction of sp³-hybridized carbons (Fsp3) is 0.167. The second-order valence-electron chi connectivity index (χ2n) is 5.36. The Balaban J connectivity index is 2.39. The van der Waals surface area contributed by atoms with Crippen molar-refractivity contribution < 1.29 is 13.2 Å². The maximum Gasteiger partial charge on any atom is 0.241 e. The van der Waals surface area contributed by atoms with Crippen LogP contribution >= 0.6 is 0 Å². The Bertz CT molecular complexity index is 809. The molecule has 0 amide bonds. The normalized spacial score (nSPS) is 12.6. The number of Topliss-reactive ketones (excluding diaryl/α,β-unsaturated/α-hetero) is 1. The molecule has 0 fully saturated rings. The van der Waals surface area contributed by atoms with Crippen LogP contribution in [0.15, 0.2) is 71.6 Å². The number of nitrogens with one attached hydrogen (secondary N) is 1. The van der Waals surface area contributed by atoms with Crippen LogP contribution in [0.25, 0.3) is 0 Å². The van der Waals surface area contributed by atoms with Crippen LogP contribution in [0.1, 0.15) is 24.1 Å². The van der Waals surface area contributed by atoms with Gasteiger partial charge in [-0.1, -0.05) is 54.6 Å². The fourth-order valence-electron chi connectivity index (χ4n) is 2.13. The fourth-order valence-corrected chi connectivity index (χ4v) is 3.35. The molecule has 0 spiro atoms. The lowest BCUT2D eigenvalue weighted by Gasteiger charge is -2.20. The van der Waals surface area contributed by atoms with Crippen molar-refractivity contribution in [1.82, 2.24) is 4.72 Å². The summed E-state index contributed by atoms with van der Waals surface area (Å²) in [5.74, 6) is -0.259. The molecule has 0 saturated heterocycles. The lowest BCUT2D eigenvalue weighted by Crippen LogP contribution is -2.31. The van der Waals surface area contributed by atoms with E-state index in [9.17, 15) is 13.2 Å². The first-order valence-corrected chi connectivity index (χ1v) is 8.63. The van der Waals surface area contributed by atoms with Gasteiger partial charge in [-0.25, -0.2) is 8.42 Å². The Morgan fingerprint density at radius 3 is 2.13 bits per heavy atom. The van der Waals surface area contributed by atoms with Crippen molar-refractivity contribution in [2.45, 2.75) is 24.8 Å². The maximum atomic E-state index is 12.6. The lowest BCUT2D eigenvalue weighted by atomic mass is 9.98. The number of hydrogen-bond acceptors (Lipinski definition) is 3. The van der Waals surface area contributed by atoms with E-state index in [1.807, 2.05) is 13.0 Å². The summed E-state index contributed by atoms with van der Waals surface area (Å²) in [5, 5.41) is 0. The molecule has 1 N–H and O–H groups in total. The SMILES string of the molecule is C=C(C(C)=O)C(NS(=O)(=O)c1ccc(C)cc1)c1ccccc1. The van der Waals surface area contributed by atoms with Gasteiger partial charge in [0.15, 0.2) is 5.78 Å². The van der Waals surface area contributed by atoms with Crippen molar-refractivity contribution in [2.75, 3.05) is 0 Å². The van der Waals surface area contributed by atoms with E-state index in [0.29, 0.717) is 5.56 Å². The number of benzene rings is 2. The molecular formula is C18H19NO3S. The van der Waals surface area contributed by atoms with E-state index in [1.54, 1.807) is 36.4 Å². The van der Waals surface area contributed by atoms with Crippen LogP contribution in [0.5, 0.6) is 0 Å². The van der Waals surface area contributed by atoms with E-state index in [-0.39, 0.29) is 16.3 Å². The molecule has 23 heavy (non-hydrogen) atoms. The average Bonchev–Trinajstić information content (AvgIpc) is 2.53. The van der Waals surface area contributed by atoms with Crippen LogP contribution in [0.4, 0.5) is 0 Å². The van der Waals surface area contributed by atoms with E-state index in [0.717, 1.165) is 5.56 Å². The molecule has 2 rings (SSSR count). The minimum atomic E-state index is -3.77. The van der Waals surface area contributed by atoms with Crippen LogP contribution in [0, 0.1) is 6.92 Å². The maximum absolute atomic E-state index is 12.6. The molecule has 0 heterocycles. The summed E-state index contributed by atoms with van der Waals surface area (Å²) >= 11 is 0. The number of rotatable bonds is 6. The molecule has 0 aliphatic carbocycles. The first-order chi connectivity index (χ1) is 10.8. The number of hydrogen-bond donors (Lipinski definition) is 1. The van der Waals surface area contributed by atoms with Gasteiger partial charge in [0.2, 0.25) is 10.0 Å². The second-order valence-corrected chi connectivity index (χ2v) is 7.07. The molecule has 0 radical (unpaired) electrons. The molecule has 4 nitrogen and oxygen atoms in total. The Hall–Kier alpha value is -2.24. The van der Waals surface area contributed by atoms with Crippen molar-refractivity contribution in [3.63, 3.8) is 0 Å². The van der Waals surface area contributed by atoms with Gasteiger partial charge in [0.1, 0.15) is 0 Å².